The largest absolute Gasteiger partial charge is 0.478 e. The molecule has 0 saturated heterocycles. The SMILES string of the molecule is O=C(CSc1cccc(NC(=O)c2c(Cl)c(Cl)c(Cl)c(Cl)c2C(=O)O)c1)Nc1nc2ccccc2s1. The van der Waals surface area contributed by atoms with E-state index in [-0.39, 0.29) is 26.7 Å². The van der Waals surface area contributed by atoms with Crippen molar-refractivity contribution in [2.75, 3.05) is 16.4 Å². The number of para-hydroxylation sites is 1. The molecule has 2 amide bonds. The Bertz CT molecular complexity index is 1490. The highest BCUT2D eigenvalue weighted by molar-refractivity contribution is 8.00. The third-order valence-electron chi connectivity index (χ3n) is 4.71. The number of thiazole rings is 1. The summed E-state index contributed by atoms with van der Waals surface area (Å²) >= 11 is 26.7. The minimum absolute atomic E-state index is 0.102. The summed E-state index contributed by atoms with van der Waals surface area (Å²) in [5, 5.41) is 14.2. The van der Waals surface area contributed by atoms with Gasteiger partial charge in [-0.3, -0.25) is 9.59 Å². The van der Waals surface area contributed by atoms with Crippen LogP contribution in [0.2, 0.25) is 20.1 Å². The number of thioether (sulfide) groups is 1. The van der Waals surface area contributed by atoms with Gasteiger partial charge in [-0.2, -0.15) is 0 Å². The van der Waals surface area contributed by atoms with Gasteiger partial charge in [-0.1, -0.05) is 75.9 Å². The van der Waals surface area contributed by atoms with Crippen LogP contribution in [0.1, 0.15) is 20.7 Å². The molecule has 0 atom stereocenters. The Morgan fingerprint density at radius 1 is 0.889 bits per heavy atom. The van der Waals surface area contributed by atoms with Gasteiger partial charge in [0.1, 0.15) is 0 Å². The summed E-state index contributed by atoms with van der Waals surface area (Å²) in [5.74, 6) is -2.47. The van der Waals surface area contributed by atoms with Gasteiger partial charge < -0.3 is 15.7 Å². The number of carbonyl (C=O) groups is 3. The van der Waals surface area contributed by atoms with Crippen molar-refractivity contribution in [3.63, 3.8) is 0 Å². The quantitative estimate of drug-likeness (QED) is 0.114. The van der Waals surface area contributed by atoms with Gasteiger partial charge >= 0.3 is 5.97 Å². The molecular formula is C23H13Cl4N3O4S2. The summed E-state index contributed by atoms with van der Waals surface area (Å²) < 4.78 is 0.971. The fraction of sp³-hybridized carbons (Fsp3) is 0.0435. The predicted octanol–water partition coefficient (Wildman–Crippen LogP) is 7.59. The Hall–Kier alpha value is -2.53. The number of rotatable bonds is 7. The maximum Gasteiger partial charge on any atom is 0.338 e. The van der Waals surface area contributed by atoms with Crippen molar-refractivity contribution in [1.29, 1.82) is 0 Å². The Morgan fingerprint density at radius 3 is 2.28 bits per heavy atom. The average Bonchev–Trinajstić information content (AvgIpc) is 3.25. The molecule has 0 aliphatic heterocycles. The molecule has 0 bridgehead atoms. The Balaban J connectivity index is 1.45. The van der Waals surface area contributed by atoms with Crippen LogP contribution in [0.15, 0.2) is 53.4 Å². The highest BCUT2D eigenvalue weighted by Gasteiger charge is 2.29. The lowest BCUT2D eigenvalue weighted by molar-refractivity contribution is -0.113. The van der Waals surface area contributed by atoms with E-state index in [2.05, 4.69) is 15.6 Å². The molecule has 0 aliphatic rings. The van der Waals surface area contributed by atoms with Crippen LogP contribution in [0.25, 0.3) is 10.2 Å². The first-order valence-corrected chi connectivity index (χ1v) is 13.3. The van der Waals surface area contributed by atoms with Gasteiger partial charge in [0.25, 0.3) is 5.91 Å². The van der Waals surface area contributed by atoms with Crippen molar-refractivity contribution in [2.24, 2.45) is 0 Å². The lowest BCUT2D eigenvalue weighted by Crippen LogP contribution is -2.18. The fourth-order valence-corrected chi connectivity index (χ4v) is 5.79. The van der Waals surface area contributed by atoms with Crippen molar-refractivity contribution in [3.8, 4) is 0 Å². The highest BCUT2D eigenvalue weighted by Crippen LogP contribution is 2.42. The molecule has 36 heavy (non-hydrogen) atoms. The first kappa shape index (κ1) is 26.5. The number of halogens is 4. The van der Waals surface area contributed by atoms with Crippen molar-refractivity contribution in [1.82, 2.24) is 4.98 Å². The van der Waals surface area contributed by atoms with Gasteiger partial charge in [0.2, 0.25) is 5.91 Å². The van der Waals surface area contributed by atoms with E-state index in [4.69, 9.17) is 46.4 Å². The van der Waals surface area contributed by atoms with E-state index < -0.39 is 28.0 Å². The number of fused-ring (bicyclic) bond motifs is 1. The second-order valence-corrected chi connectivity index (χ2v) is 10.7. The number of hydrogen-bond donors (Lipinski definition) is 3. The van der Waals surface area contributed by atoms with Crippen molar-refractivity contribution < 1.29 is 19.5 Å². The monoisotopic (exact) mass is 599 g/mol. The van der Waals surface area contributed by atoms with Gasteiger partial charge in [-0.25, -0.2) is 9.78 Å². The predicted molar refractivity (Wildman–Crippen MR) is 147 cm³/mol. The molecule has 4 aromatic rings. The zero-order valence-electron chi connectivity index (χ0n) is 17.8. The molecule has 0 radical (unpaired) electrons. The summed E-state index contributed by atoms with van der Waals surface area (Å²) in [6, 6.07) is 14.2. The van der Waals surface area contributed by atoms with Gasteiger partial charge in [0, 0.05) is 10.6 Å². The molecule has 0 unspecified atom stereocenters. The summed E-state index contributed by atoms with van der Waals surface area (Å²) in [4.78, 5) is 42.1. The number of aromatic carboxylic acids is 1. The Labute approximate surface area is 232 Å². The van der Waals surface area contributed by atoms with E-state index in [1.165, 1.54) is 23.1 Å². The molecule has 7 nitrogen and oxygen atoms in total. The second kappa shape index (κ2) is 11.2. The minimum atomic E-state index is -1.49. The van der Waals surface area contributed by atoms with Crippen LogP contribution in [0.3, 0.4) is 0 Å². The summed E-state index contributed by atoms with van der Waals surface area (Å²) in [5.41, 5.74) is 0.164. The highest BCUT2D eigenvalue weighted by atomic mass is 35.5. The van der Waals surface area contributed by atoms with Gasteiger partial charge in [0.15, 0.2) is 5.13 Å². The topological polar surface area (TPSA) is 108 Å². The van der Waals surface area contributed by atoms with Crippen molar-refractivity contribution >= 4 is 108 Å². The number of nitrogens with one attached hydrogen (secondary N) is 2. The van der Waals surface area contributed by atoms with Crippen LogP contribution in [-0.2, 0) is 4.79 Å². The summed E-state index contributed by atoms with van der Waals surface area (Å²) in [6.45, 7) is 0. The number of carboxylic acids is 1. The number of anilines is 2. The molecule has 3 N–H and O–H groups in total. The van der Waals surface area contributed by atoms with E-state index in [0.717, 1.165) is 10.2 Å². The fourth-order valence-electron chi connectivity index (χ4n) is 3.13. The van der Waals surface area contributed by atoms with E-state index in [1.807, 2.05) is 24.3 Å². The zero-order valence-corrected chi connectivity index (χ0v) is 22.4. The number of nitrogens with zero attached hydrogens (tertiary/aromatic N) is 1. The molecule has 3 aromatic carbocycles. The number of amides is 2. The molecule has 4 rings (SSSR count). The standard InChI is InChI=1S/C23H13Cl4N3O4S2/c24-17-15(16(22(33)34)18(25)20(27)19(17)26)21(32)28-10-4-3-5-11(8-10)35-9-14(31)30-23-29-12-6-1-2-7-13(12)36-23/h1-8H,9H2,(H,28,32)(H,33,34)(H,29,30,31). The van der Waals surface area contributed by atoms with Crippen molar-refractivity contribution in [2.45, 2.75) is 4.90 Å². The van der Waals surface area contributed by atoms with Gasteiger partial charge in [0.05, 0.1) is 47.2 Å². The lowest BCUT2D eigenvalue weighted by Gasteiger charge is -2.14. The van der Waals surface area contributed by atoms with E-state index in [9.17, 15) is 19.5 Å². The van der Waals surface area contributed by atoms with Crippen LogP contribution in [-0.4, -0.2) is 33.6 Å². The van der Waals surface area contributed by atoms with E-state index in [0.29, 0.717) is 15.7 Å². The first-order valence-electron chi connectivity index (χ1n) is 9.94. The molecule has 0 aliphatic carbocycles. The summed E-state index contributed by atoms with van der Waals surface area (Å²) in [7, 11) is 0. The molecule has 13 heteroatoms. The number of aromatic nitrogens is 1. The maximum atomic E-state index is 12.9. The normalized spacial score (nSPS) is 10.9. The molecule has 184 valence electrons. The van der Waals surface area contributed by atoms with Crippen LogP contribution < -0.4 is 10.6 Å². The first-order chi connectivity index (χ1) is 17.2. The Kier molecular flexibility index (Phi) is 8.29. The molecule has 1 aromatic heterocycles. The molecule has 0 saturated carbocycles. The minimum Gasteiger partial charge on any atom is -0.478 e. The lowest BCUT2D eigenvalue weighted by atomic mass is 10.1. The number of benzene rings is 3. The summed E-state index contributed by atoms with van der Waals surface area (Å²) in [6.07, 6.45) is 0. The molecular weight excluding hydrogens is 588 g/mol. The number of carboxylic acid groups (broad SMARTS) is 1. The van der Waals surface area contributed by atoms with E-state index in [1.54, 1.807) is 24.3 Å². The third-order valence-corrected chi connectivity index (χ3v) is 8.46. The Morgan fingerprint density at radius 2 is 1.58 bits per heavy atom. The second-order valence-electron chi connectivity index (χ2n) is 7.12. The van der Waals surface area contributed by atoms with Crippen LogP contribution in [0.4, 0.5) is 10.8 Å². The van der Waals surface area contributed by atoms with Gasteiger partial charge in [-0.05, 0) is 30.3 Å². The number of carbonyl (C=O) groups excluding carboxylic acids is 2. The molecule has 1 heterocycles. The van der Waals surface area contributed by atoms with Gasteiger partial charge in [-0.15, -0.1) is 11.8 Å². The average molecular weight is 601 g/mol. The van der Waals surface area contributed by atoms with Crippen LogP contribution in [0.5, 0.6) is 0 Å². The van der Waals surface area contributed by atoms with Crippen LogP contribution in [0, 0.1) is 0 Å². The third kappa shape index (κ3) is 5.72. The molecule has 0 fully saturated rings. The number of hydrogen-bond acceptors (Lipinski definition) is 6. The van der Waals surface area contributed by atoms with Crippen molar-refractivity contribution in [3.05, 3.63) is 79.7 Å². The molecule has 0 spiro atoms. The smallest absolute Gasteiger partial charge is 0.338 e. The van der Waals surface area contributed by atoms with Crippen LogP contribution >= 0.6 is 69.5 Å². The maximum absolute atomic E-state index is 12.9. The van der Waals surface area contributed by atoms with E-state index >= 15 is 0 Å². The zero-order chi connectivity index (χ0) is 26.0.